The lowest BCUT2D eigenvalue weighted by Gasteiger charge is -2.36. The molecule has 2 saturated carbocycles. The third-order valence-corrected chi connectivity index (χ3v) is 4.80. The molecule has 1 aromatic rings. The van der Waals surface area contributed by atoms with E-state index in [-0.39, 0.29) is 23.7 Å². The molecule has 2 atom stereocenters. The summed E-state index contributed by atoms with van der Waals surface area (Å²) in [4.78, 5) is 11.8. The van der Waals surface area contributed by atoms with Gasteiger partial charge in [0.15, 0.2) is 0 Å². The van der Waals surface area contributed by atoms with Gasteiger partial charge in [-0.25, -0.2) is 4.79 Å². The van der Waals surface area contributed by atoms with Crippen LogP contribution < -0.4 is 15.4 Å². The van der Waals surface area contributed by atoms with Crippen molar-refractivity contribution in [3.63, 3.8) is 0 Å². The zero-order chi connectivity index (χ0) is 17.2. The van der Waals surface area contributed by atoms with Gasteiger partial charge in [-0.1, -0.05) is 12.1 Å². The SMILES string of the molecule is O=C(NCCC1(O)CCC1)N[C@@H]1C[C@H]1c1ccc(OC(F)F)cc1. The van der Waals surface area contributed by atoms with Gasteiger partial charge in [-0.2, -0.15) is 8.78 Å². The molecule has 0 aromatic heterocycles. The van der Waals surface area contributed by atoms with Crippen molar-refractivity contribution in [1.82, 2.24) is 10.6 Å². The molecule has 2 amide bonds. The number of amides is 2. The fourth-order valence-corrected chi connectivity index (χ4v) is 3.08. The molecule has 2 fully saturated rings. The van der Waals surface area contributed by atoms with Crippen LogP contribution in [-0.4, -0.2) is 35.9 Å². The van der Waals surface area contributed by atoms with Gasteiger partial charge in [0, 0.05) is 18.5 Å². The summed E-state index contributed by atoms with van der Waals surface area (Å²) in [5.41, 5.74) is 0.406. The Kier molecular flexibility index (Phi) is 4.89. The largest absolute Gasteiger partial charge is 0.435 e. The van der Waals surface area contributed by atoms with Crippen molar-refractivity contribution < 1.29 is 23.4 Å². The highest BCUT2D eigenvalue weighted by molar-refractivity contribution is 5.74. The van der Waals surface area contributed by atoms with Crippen LogP contribution in [0.5, 0.6) is 5.75 Å². The molecule has 1 aromatic carbocycles. The second kappa shape index (κ2) is 6.93. The van der Waals surface area contributed by atoms with E-state index < -0.39 is 12.2 Å². The fraction of sp³-hybridized carbons (Fsp3) is 0.588. The van der Waals surface area contributed by atoms with Crippen LogP contribution in [0.4, 0.5) is 13.6 Å². The fourth-order valence-electron chi connectivity index (χ4n) is 3.08. The monoisotopic (exact) mass is 340 g/mol. The van der Waals surface area contributed by atoms with E-state index in [9.17, 15) is 18.7 Å². The molecule has 7 heteroatoms. The van der Waals surface area contributed by atoms with E-state index in [0.717, 1.165) is 31.2 Å². The summed E-state index contributed by atoms with van der Waals surface area (Å²) in [5, 5.41) is 15.6. The molecular formula is C17H22F2N2O3. The minimum Gasteiger partial charge on any atom is -0.435 e. The van der Waals surface area contributed by atoms with Crippen LogP contribution in [0.25, 0.3) is 0 Å². The topological polar surface area (TPSA) is 70.6 Å². The van der Waals surface area contributed by atoms with Crippen molar-refractivity contribution in [3.05, 3.63) is 29.8 Å². The Hall–Kier alpha value is -1.89. The van der Waals surface area contributed by atoms with Gasteiger partial charge in [0.25, 0.3) is 0 Å². The first-order chi connectivity index (χ1) is 11.5. The molecule has 132 valence electrons. The first-order valence-corrected chi connectivity index (χ1v) is 8.27. The first-order valence-electron chi connectivity index (χ1n) is 8.27. The molecule has 0 saturated heterocycles. The summed E-state index contributed by atoms with van der Waals surface area (Å²) >= 11 is 0. The lowest BCUT2D eigenvalue weighted by Crippen LogP contribution is -2.43. The van der Waals surface area contributed by atoms with Crippen LogP contribution in [0, 0.1) is 0 Å². The Morgan fingerprint density at radius 3 is 2.62 bits per heavy atom. The maximum absolute atomic E-state index is 12.1. The molecule has 0 aliphatic heterocycles. The molecule has 2 aliphatic rings. The van der Waals surface area contributed by atoms with Crippen LogP contribution in [0.1, 0.15) is 43.6 Å². The minimum absolute atomic E-state index is 0.0543. The number of benzene rings is 1. The maximum atomic E-state index is 12.1. The molecule has 2 aliphatic carbocycles. The van der Waals surface area contributed by atoms with Crippen LogP contribution in [0.3, 0.4) is 0 Å². The normalized spacial score (nSPS) is 24.2. The van der Waals surface area contributed by atoms with Crippen molar-refractivity contribution in [3.8, 4) is 5.75 Å². The van der Waals surface area contributed by atoms with E-state index in [2.05, 4.69) is 15.4 Å². The third kappa shape index (κ3) is 4.35. The van der Waals surface area contributed by atoms with Gasteiger partial charge < -0.3 is 20.5 Å². The second-order valence-electron chi connectivity index (χ2n) is 6.62. The number of aliphatic hydroxyl groups is 1. The zero-order valence-corrected chi connectivity index (χ0v) is 13.3. The molecule has 0 spiro atoms. The molecule has 24 heavy (non-hydrogen) atoms. The lowest BCUT2D eigenvalue weighted by atomic mass is 9.78. The third-order valence-electron chi connectivity index (χ3n) is 4.80. The predicted octanol–water partition coefficient (Wildman–Crippen LogP) is 2.75. The highest BCUT2D eigenvalue weighted by Gasteiger charge is 2.39. The number of ether oxygens (including phenoxy) is 1. The van der Waals surface area contributed by atoms with Crippen LogP contribution in [-0.2, 0) is 0 Å². The molecule has 3 rings (SSSR count). The number of halogens is 2. The highest BCUT2D eigenvalue weighted by atomic mass is 19.3. The zero-order valence-electron chi connectivity index (χ0n) is 13.3. The number of carbonyl (C=O) groups excluding carboxylic acids is 1. The Morgan fingerprint density at radius 2 is 2.04 bits per heavy atom. The Morgan fingerprint density at radius 1 is 1.33 bits per heavy atom. The molecular weight excluding hydrogens is 318 g/mol. The highest BCUT2D eigenvalue weighted by Crippen LogP contribution is 2.41. The van der Waals surface area contributed by atoms with Gasteiger partial charge in [0.2, 0.25) is 0 Å². The van der Waals surface area contributed by atoms with Crippen LogP contribution in [0.2, 0.25) is 0 Å². The van der Waals surface area contributed by atoms with Gasteiger partial charge in [-0.15, -0.1) is 0 Å². The number of alkyl halides is 2. The number of hydrogen-bond acceptors (Lipinski definition) is 3. The molecule has 0 heterocycles. The molecule has 5 nitrogen and oxygen atoms in total. The summed E-state index contributed by atoms with van der Waals surface area (Å²) in [7, 11) is 0. The van der Waals surface area contributed by atoms with Gasteiger partial charge >= 0.3 is 12.6 Å². The molecule has 0 unspecified atom stereocenters. The van der Waals surface area contributed by atoms with Crippen LogP contribution >= 0.6 is 0 Å². The lowest BCUT2D eigenvalue weighted by molar-refractivity contribution is -0.0498. The quantitative estimate of drug-likeness (QED) is 0.715. The van der Waals surface area contributed by atoms with E-state index in [4.69, 9.17) is 0 Å². The van der Waals surface area contributed by atoms with Gasteiger partial charge in [0.1, 0.15) is 5.75 Å². The Balaban J connectivity index is 1.38. The molecule has 0 bridgehead atoms. The Bertz CT molecular complexity index is 576. The van der Waals surface area contributed by atoms with Crippen molar-refractivity contribution in [2.75, 3.05) is 6.54 Å². The smallest absolute Gasteiger partial charge is 0.387 e. The molecule has 0 radical (unpaired) electrons. The number of carbonyl (C=O) groups is 1. The second-order valence-corrected chi connectivity index (χ2v) is 6.62. The van der Waals surface area contributed by atoms with Crippen molar-refractivity contribution in [2.45, 2.75) is 56.3 Å². The van der Waals surface area contributed by atoms with E-state index in [1.165, 1.54) is 12.1 Å². The molecule has 3 N–H and O–H groups in total. The maximum Gasteiger partial charge on any atom is 0.387 e. The Labute approximate surface area is 139 Å². The number of nitrogens with one attached hydrogen (secondary N) is 2. The summed E-state index contributed by atoms with van der Waals surface area (Å²) in [5.74, 6) is 0.331. The number of rotatable bonds is 7. The first kappa shape index (κ1) is 17.0. The average Bonchev–Trinajstić information content (AvgIpc) is 3.24. The minimum atomic E-state index is -2.83. The van der Waals surface area contributed by atoms with E-state index in [0.29, 0.717) is 13.0 Å². The number of hydrogen-bond donors (Lipinski definition) is 3. The van der Waals surface area contributed by atoms with Crippen molar-refractivity contribution in [1.29, 1.82) is 0 Å². The summed E-state index contributed by atoms with van der Waals surface area (Å²) in [6, 6.07) is 6.33. The van der Waals surface area contributed by atoms with Gasteiger partial charge in [-0.05, 0) is 49.8 Å². The summed E-state index contributed by atoms with van der Waals surface area (Å²) in [6.45, 7) is -2.37. The van der Waals surface area contributed by atoms with Crippen molar-refractivity contribution >= 4 is 6.03 Å². The van der Waals surface area contributed by atoms with E-state index >= 15 is 0 Å². The van der Waals surface area contributed by atoms with Gasteiger partial charge in [-0.3, -0.25) is 0 Å². The van der Waals surface area contributed by atoms with Crippen LogP contribution in [0.15, 0.2) is 24.3 Å². The number of urea groups is 1. The summed E-state index contributed by atoms with van der Waals surface area (Å²) < 4.78 is 28.5. The average molecular weight is 340 g/mol. The van der Waals surface area contributed by atoms with E-state index in [1.54, 1.807) is 12.1 Å². The van der Waals surface area contributed by atoms with Crippen molar-refractivity contribution in [2.24, 2.45) is 0 Å². The standard InChI is InChI=1S/C17H22F2N2O3/c18-15(19)24-12-4-2-11(3-5-12)13-10-14(13)21-16(22)20-9-8-17(23)6-1-7-17/h2-5,13-15,23H,1,6-10H2,(H2,20,21,22)/t13-,14+/m0/s1. The van der Waals surface area contributed by atoms with Gasteiger partial charge in [0.05, 0.1) is 5.60 Å². The van der Waals surface area contributed by atoms with E-state index in [1.807, 2.05) is 0 Å². The predicted molar refractivity (Wildman–Crippen MR) is 84.2 cm³/mol. The summed E-state index contributed by atoms with van der Waals surface area (Å²) in [6.07, 6.45) is 4.08.